The number of hydrogen-bond donors (Lipinski definition) is 0. The second-order valence-corrected chi connectivity index (χ2v) is 7.11. The van der Waals surface area contributed by atoms with Gasteiger partial charge in [0, 0.05) is 18.3 Å². The third-order valence-corrected chi connectivity index (χ3v) is 4.36. The van der Waals surface area contributed by atoms with Gasteiger partial charge in [0.2, 0.25) is 9.84 Å². The standard InChI is InChI=1S/C15H23NO2S/c1-12(2)16(13(3)4)10-11-19(17,18)15-8-6-14(5)7-9-15/h6-13H,1-5H3/b11-10+. The fraction of sp³-hybridized carbons (Fsp3) is 0.467. The van der Waals surface area contributed by atoms with Crippen LogP contribution in [0.2, 0.25) is 0 Å². The van der Waals surface area contributed by atoms with Gasteiger partial charge in [-0.1, -0.05) is 17.7 Å². The Balaban J connectivity index is 2.99. The molecule has 0 aliphatic heterocycles. The molecule has 0 aromatic heterocycles. The Hall–Kier alpha value is -1.29. The Bertz CT molecular complexity index is 520. The summed E-state index contributed by atoms with van der Waals surface area (Å²) in [7, 11) is -3.36. The average Bonchev–Trinajstić information content (AvgIpc) is 2.28. The molecule has 0 aliphatic carbocycles. The van der Waals surface area contributed by atoms with Crippen molar-refractivity contribution in [2.75, 3.05) is 0 Å². The van der Waals surface area contributed by atoms with Gasteiger partial charge in [0.1, 0.15) is 0 Å². The van der Waals surface area contributed by atoms with Gasteiger partial charge in [-0.25, -0.2) is 8.42 Å². The van der Waals surface area contributed by atoms with E-state index in [4.69, 9.17) is 0 Å². The maximum Gasteiger partial charge on any atom is 0.201 e. The molecule has 0 saturated heterocycles. The fourth-order valence-corrected chi connectivity index (χ4v) is 2.87. The summed E-state index contributed by atoms with van der Waals surface area (Å²) < 4.78 is 24.4. The SMILES string of the molecule is Cc1ccc(S(=O)(=O)/C=C/N(C(C)C)C(C)C)cc1. The topological polar surface area (TPSA) is 37.4 Å². The minimum Gasteiger partial charge on any atom is -0.372 e. The highest BCUT2D eigenvalue weighted by molar-refractivity contribution is 7.94. The molecule has 1 aromatic carbocycles. The molecule has 106 valence electrons. The molecule has 0 radical (unpaired) electrons. The quantitative estimate of drug-likeness (QED) is 0.830. The molecule has 0 aliphatic rings. The number of hydrogen-bond acceptors (Lipinski definition) is 3. The molecule has 0 N–H and O–H groups in total. The van der Waals surface area contributed by atoms with E-state index < -0.39 is 9.84 Å². The second-order valence-electron chi connectivity index (χ2n) is 5.28. The van der Waals surface area contributed by atoms with Gasteiger partial charge >= 0.3 is 0 Å². The van der Waals surface area contributed by atoms with Crippen molar-refractivity contribution in [3.63, 3.8) is 0 Å². The number of aryl methyl sites for hydroxylation is 1. The fourth-order valence-electron chi connectivity index (χ4n) is 1.90. The lowest BCUT2D eigenvalue weighted by molar-refractivity contribution is 0.256. The van der Waals surface area contributed by atoms with Gasteiger partial charge in [-0.05, 0) is 46.8 Å². The Morgan fingerprint density at radius 1 is 1.00 bits per heavy atom. The van der Waals surface area contributed by atoms with Gasteiger partial charge in [0.25, 0.3) is 0 Å². The van der Waals surface area contributed by atoms with Gasteiger partial charge in [0.05, 0.1) is 10.3 Å². The zero-order valence-corrected chi connectivity index (χ0v) is 13.1. The van der Waals surface area contributed by atoms with E-state index in [0.717, 1.165) is 5.56 Å². The predicted octanol–water partition coefficient (Wildman–Crippen LogP) is 3.36. The molecule has 0 unspecified atom stereocenters. The van der Waals surface area contributed by atoms with Crippen molar-refractivity contribution in [3.05, 3.63) is 41.4 Å². The Labute approximate surface area is 116 Å². The van der Waals surface area contributed by atoms with Crippen LogP contribution in [-0.2, 0) is 9.84 Å². The summed E-state index contributed by atoms with van der Waals surface area (Å²) in [5.41, 5.74) is 1.05. The molecule has 0 amide bonds. The molecule has 1 rings (SSSR count). The third-order valence-electron chi connectivity index (χ3n) is 2.95. The number of benzene rings is 1. The molecule has 0 fully saturated rings. The van der Waals surface area contributed by atoms with Gasteiger partial charge in [-0.3, -0.25) is 0 Å². The van der Waals surface area contributed by atoms with E-state index in [9.17, 15) is 8.42 Å². The molecule has 0 spiro atoms. The highest BCUT2D eigenvalue weighted by Crippen LogP contribution is 2.14. The van der Waals surface area contributed by atoms with Crippen molar-refractivity contribution in [1.82, 2.24) is 4.90 Å². The lowest BCUT2D eigenvalue weighted by Gasteiger charge is -2.29. The van der Waals surface area contributed by atoms with Gasteiger partial charge < -0.3 is 4.90 Å². The van der Waals surface area contributed by atoms with Crippen LogP contribution in [0.15, 0.2) is 40.8 Å². The van der Waals surface area contributed by atoms with Crippen LogP contribution in [0.5, 0.6) is 0 Å². The van der Waals surface area contributed by atoms with E-state index in [0.29, 0.717) is 4.90 Å². The molecule has 0 bridgehead atoms. The van der Waals surface area contributed by atoms with Crippen molar-refractivity contribution < 1.29 is 8.42 Å². The minimum atomic E-state index is -3.36. The van der Waals surface area contributed by atoms with Crippen LogP contribution < -0.4 is 0 Å². The first-order chi connectivity index (χ1) is 8.74. The van der Waals surface area contributed by atoms with Gasteiger partial charge in [-0.15, -0.1) is 0 Å². The van der Waals surface area contributed by atoms with E-state index in [1.165, 1.54) is 5.41 Å². The largest absolute Gasteiger partial charge is 0.372 e. The molecule has 1 aromatic rings. The van der Waals surface area contributed by atoms with E-state index in [-0.39, 0.29) is 12.1 Å². The average molecular weight is 281 g/mol. The molecule has 3 nitrogen and oxygen atoms in total. The van der Waals surface area contributed by atoms with Crippen molar-refractivity contribution in [2.45, 2.75) is 51.6 Å². The Morgan fingerprint density at radius 2 is 1.47 bits per heavy atom. The lowest BCUT2D eigenvalue weighted by atomic mass is 10.2. The van der Waals surface area contributed by atoms with Crippen LogP contribution >= 0.6 is 0 Å². The van der Waals surface area contributed by atoms with Gasteiger partial charge in [-0.2, -0.15) is 0 Å². The van der Waals surface area contributed by atoms with Crippen LogP contribution in [0.4, 0.5) is 0 Å². The second kappa shape index (κ2) is 6.24. The summed E-state index contributed by atoms with van der Waals surface area (Å²) in [5, 5.41) is 1.29. The first kappa shape index (κ1) is 15.8. The van der Waals surface area contributed by atoms with E-state index in [1.54, 1.807) is 18.3 Å². The zero-order chi connectivity index (χ0) is 14.6. The first-order valence-electron chi connectivity index (χ1n) is 6.51. The number of nitrogens with zero attached hydrogens (tertiary/aromatic N) is 1. The van der Waals surface area contributed by atoms with E-state index >= 15 is 0 Å². The molecular weight excluding hydrogens is 258 g/mol. The van der Waals surface area contributed by atoms with Gasteiger partial charge in [0.15, 0.2) is 0 Å². The van der Waals surface area contributed by atoms with E-state index in [2.05, 4.69) is 0 Å². The summed E-state index contributed by atoms with van der Waals surface area (Å²) in [5.74, 6) is 0. The maximum absolute atomic E-state index is 12.2. The molecule has 19 heavy (non-hydrogen) atoms. The Morgan fingerprint density at radius 3 is 1.89 bits per heavy atom. The van der Waals surface area contributed by atoms with Crippen molar-refractivity contribution in [2.24, 2.45) is 0 Å². The number of sulfone groups is 1. The van der Waals surface area contributed by atoms with Crippen LogP contribution in [0.1, 0.15) is 33.3 Å². The van der Waals surface area contributed by atoms with Crippen molar-refractivity contribution in [3.8, 4) is 0 Å². The minimum absolute atomic E-state index is 0.268. The molecule has 0 heterocycles. The lowest BCUT2D eigenvalue weighted by Crippen LogP contribution is -2.32. The molecule has 0 saturated carbocycles. The predicted molar refractivity (Wildman–Crippen MR) is 79.6 cm³/mol. The van der Waals surface area contributed by atoms with Crippen LogP contribution in [0.25, 0.3) is 0 Å². The maximum atomic E-state index is 12.2. The van der Waals surface area contributed by atoms with Crippen LogP contribution in [0, 0.1) is 6.92 Å². The summed E-state index contributed by atoms with van der Waals surface area (Å²) in [6, 6.07) is 7.44. The zero-order valence-electron chi connectivity index (χ0n) is 12.3. The normalized spacial score (nSPS) is 12.6. The monoisotopic (exact) mass is 281 g/mol. The highest BCUT2D eigenvalue weighted by Gasteiger charge is 2.13. The van der Waals surface area contributed by atoms with E-state index in [1.807, 2.05) is 51.7 Å². The van der Waals surface area contributed by atoms with Crippen molar-refractivity contribution >= 4 is 9.84 Å². The third kappa shape index (κ3) is 4.39. The number of rotatable bonds is 5. The smallest absolute Gasteiger partial charge is 0.201 e. The summed E-state index contributed by atoms with van der Waals surface area (Å²) in [6.07, 6.45) is 1.67. The molecular formula is C15H23NO2S. The van der Waals surface area contributed by atoms with Crippen molar-refractivity contribution in [1.29, 1.82) is 0 Å². The van der Waals surface area contributed by atoms with Crippen LogP contribution in [-0.4, -0.2) is 25.4 Å². The molecule has 0 atom stereocenters. The molecule has 4 heteroatoms. The highest BCUT2D eigenvalue weighted by atomic mass is 32.2. The first-order valence-corrected chi connectivity index (χ1v) is 8.06. The summed E-state index contributed by atoms with van der Waals surface area (Å²) in [6.45, 7) is 10.1. The summed E-state index contributed by atoms with van der Waals surface area (Å²) in [4.78, 5) is 2.35. The Kier molecular flexibility index (Phi) is 5.18. The van der Waals surface area contributed by atoms with Crippen LogP contribution in [0.3, 0.4) is 0 Å². The summed E-state index contributed by atoms with van der Waals surface area (Å²) >= 11 is 0.